The van der Waals surface area contributed by atoms with E-state index in [4.69, 9.17) is 9.84 Å². The highest BCUT2D eigenvalue weighted by Gasteiger charge is 2.09. The average molecular weight is 224 g/mol. The third-order valence-electron chi connectivity index (χ3n) is 2.31. The second kappa shape index (κ2) is 6.12. The van der Waals surface area contributed by atoms with Crippen LogP contribution in [0.25, 0.3) is 0 Å². The van der Waals surface area contributed by atoms with Crippen LogP contribution in [-0.2, 0) is 11.2 Å². The second-order valence-electron chi connectivity index (χ2n) is 3.35. The lowest BCUT2D eigenvalue weighted by Crippen LogP contribution is -2.03. The Morgan fingerprint density at radius 1 is 1.38 bits per heavy atom. The van der Waals surface area contributed by atoms with Crippen molar-refractivity contribution in [2.24, 2.45) is 0 Å². The number of benzene rings is 1. The first-order chi connectivity index (χ1) is 7.72. The molecule has 1 aromatic carbocycles. The molecule has 0 saturated heterocycles. The molecule has 1 N–H and O–H groups in total. The molecule has 0 aliphatic carbocycles. The number of carbonyl (C=O) groups is 1. The summed E-state index contributed by atoms with van der Waals surface area (Å²) in [5, 5.41) is 8.76. The fourth-order valence-electron chi connectivity index (χ4n) is 1.47. The maximum absolute atomic E-state index is 11.3. The number of ether oxygens (including phenoxy) is 2. The Bertz CT molecular complexity index is 360. The normalized spacial score (nSPS) is 9.94. The molecule has 4 nitrogen and oxygen atoms in total. The van der Waals surface area contributed by atoms with Gasteiger partial charge in [-0.15, -0.1) is 0 Å². The molecule has 4 heteroatoms. The summed E-state index contributed by atoms with van der Waals surface area (Å²) in [5.74, 6) is 0.267. The zero-order valence-corrected chi connectivity index (χ0v) is 9.53. The molecule has 0 spiro atoms. The van der Waals surface area contributed by atoms with Crippen LogP contribution in [0.2, 0.25) is 0 Å². The van der Waals surface area contributed by atoms with E-state index in [0.29, 0.717) is 17.7 Å². The maximum Gasteiger partial charge on any atom is 0.337 e. The molecule has 0 unspecified atom stereocenters. The summed E-state index contributed by atoms with van der Waals surface area (Å²) >= 11 is 0. The minimum atomic E-state index is -0.382. The first-order valence-electron chi connectivity index (χ1n) is 5.09. The van der Waals surface area contributed by atoms with Crippen molar-refractivity contribution < 1.29 is 19.4 Å². The number of carbonyl (C=O) groups excluding carboxylic acids is 1. The molecule has 88 valence electrons. The molecule has 0 fully saturated rings. The molecular formula is C12H16O4. The highest BCUT2D eigenvalue weighted by molar-refractivity contribution is 5.89. The van der Waals surface area contributed by atoms with Crippen molar-refractivity contribution in [1.82, 2.24) is 0 Å². The summed E-state index contributed by atoms with van der Waals surface area (Å²) in [4.78, 5) is 11.3. The van der Waals surface area contributed by atoms with Crippen molar-refractivity contribution in [3.63, 3.8) is 0 Å². The van der Waals surface area contributed by atoms with Crippen LogP contribution < -0.4 is 4.74 Å². The predicted octanol–water partition coefficient (Wildman–Crippen LogP) is 1.41. The lowest BCUT2D eigenvalue weighted by atomic mass is 10.1. The molecule has 1 rings (SSSR count). The van der Waals surface area contributed by atoms with Crippen LogP contribution in [0.1, 0.15) is 22.3 Å². The minimum absolute atomic E-state index is 0.141. The van der Waals surface area contributed by atoms with Gasteiger partial charge in [-0.05, 0) is 30.5 Å². The number of aliphatic hydroxyl groups excluding tert-OH is 1. The van der Waals surface area contributed by atoms with Crippen LogP contribution in [0.15, 0.2) is 18.2 Å². The summed E-state index contributed by atoms with van der Waals surface area (Å²) in [5.41, 5.74) is 1.44. The molecule has 1 aromatic rings. The van der Waals surface area contributed by atoms with Crippen LogP contribution in [0.4, 0.5) is 0 Å². The van der Waals surface area contributed by atoms with E-state index in [1.807, 2.05) is 6.07 Å². The predicted molar refractivity (Wildman–Crippen MR) is 59.7 cm³/mol. The molecular weight excluding hydrogens is 208 g/mol. The summed E-state index contributed by atoms with van der Waals surface area (Å²) < 4.78 is 9.81. The van der Waals surface area contributed by atoms with Gasteiger partial charge in [-0.2, -0.15) is 0 Å². The van der Waals surface area contributed by atoms with Crippen LogP contribution >= 0.6 is 0 Å². The van der Waals surface area contributed by atoms with Gasteiger partial charge in [0.1, 0.15) is 5.75 Å². The summed E-state index contributed by atoms with van der Waals surface area (Å²) in [7, 11) is 2.90. The molecule has 0 atom stereocenters. The summed E-state index contributed by atoms with van der Waals surface area (Å²) in [6, 6.07) is 5.17. The number of hydrogen-bond acceptors (Lipinski definition) is 4. The third kappa shape index (κ3) is 2.97. The first-order valence-corrected chi connectivity index (χ1v) is 5.09. The zero-order chi connectivity index (χ0) is 12.0. The number of methoxy groups -OCH3 is 2. The summed E-state index contributed by atoms with van der Waals surface area (Å²) in [6.45, 7) is 0.141. The molecule has 0 heterocycles. The first kappa shape index (κ1) is 12.5. The van der Waals surface area contributed by atoms with Crippen molar-refractivity contribution >= 4 is 5.97 Å². The molecule has 0 bridgehead atoms. The number of hydrogen-bond donors (Lipinski definition) is 1. The van der Waals surface area contributed by atoms with Gasteiger partial charge in [0.25, 0.3) is 0 Å². The number of rotatable bonds is 5. The topological polar surface area (TPSA) is 55.8 Å². The molecule has 0 aromatic heterocycles. The molecule has 0 saturated carbocycles. The van der Waals surface area contributed by atoms with Gasteiger partial charge in [0.15, 0.2) is 0 Å². The fraction of sp³-hybridized carbons (Fsp3) is 0.417. The quantitative estimate of drug-likeness (QED) is 0.768. The monoisotopic (exact) mass is 224 g/mol. The summed E-state index contributed by atoms with van der Waals surface area (Å²) in [6.07, 6.45) is 1.40. The molecule has 0 aliphatic rings. The van der Waals surface area contributed by atoms with Crippen LogP contribution in [0.5, 0.6) is 5.75 Å². The van der Waals surface area contributed by atoms with Gasteiger partial charge in [-0.1, -0.05) is 6.07 Å². The molecule has 0 radical (unpaired) electrons. The van der Waals surface area contributed by atoms with Gasteiger partial charge in [-0.3, -0.25) is 0 Å². The van der Waals surface area contributed by atoms with E-state index in [-0.39, 0.29) is 12.6 Å². The Hall–Kier alpha value is -1.55. The van der Waals surface area contributed by atoms with Crippen LogP contribution in [-0.4, -0.2) is 31.9 Å². The molecule has 16 heavy (non-hydrogen) atoms. The van der Waals surface area contributed by atoms with E-state index in [9.17, 15) is 4.79 Å². The fourth-order valence-corrected chi connectivity index (χ4v) is 1.47. The van der Waals surface area contributed by atoms with Crippen molar-refractivity contribution in [3.8, 4) is 5.75 Å². The van der Waals surface area contributed by atoms with Gasteiger partial charge >= 0.3 is 5.97 Å². The lowest BCUT2D eigenvalue weighted by molar-refractivity contribution is 0.0600. The zero-order valence-electron chi connectivity index (χ0n) is 9.53. The molecule has 0 aliphatic heterocycles. The minimum Gasteiger partial charge on any atom is -0.496 e. The SMILES string of the molecule is COC(=O)c1ccc(CCCO)c(OC)c1. The Kier molecular flexibility index (Phi) is 4.79. The third-order valence-corrected chi connectivity index (χ3v) is 2.31. The van der Waals surface area contributed by atoms with Crippen molar-refractivity contribution in [2.45, 2.75) is 12.8 Å². The highest BCUT2D eigenvalue weighted by atomic mass is 16.5. The van der Waals surface area contributed by atoms with Crippen molar-refractivity contribution in [2.75, 3.05) is 20.8 Å². The lowest BCUT2D eigenvalue weighted by Gasteiger charge is -2.09. The van der Waals surface area contributed by atoms with Gasteiger partial charge in [0.2, 0.25) is 0 Å². The van der Waals surface area contributed by atoms with E-state index in [2.05, 4.69) is 4.74 Å². The average Bonchev–Trinajstić information content (AvgIpc) is 2.35. The standard InChI is InChI=1S/C12H16O4/c1-15-11-8-10(12(14)16-2)6-5-9(11)4-3-7-13/h5-6,8,13H,3-4,7H2,1-2H3. The number of aryl methyl sites for hydroxylation is 1. The van der Waals surface area contributed by atoms with Crippen LogP contribution in [0, 0.1) is 0 Å². The Morgan fingerprint density at radius 3 is 2.69 bits per heavy atom. The van der Waals surface area contributed by atoms with Gasteiger partial charge < -0.3 is 14.6 Å². The van der Waals surface area contributed by atoms with Crippen molar-refractivity contribution in [1.29, 1.82) is 0 Å². The number of aliphatic hydroxyl groups is 1. The van der Waals surface area contributed by atoms with E-state index in [1.54, 1.807) is 19.2 Å². The largest absolute Gasteiger partial charge is 0.496 e. The smallest absolute Gasteiger partial charge is 0.337 e. The van der Waals surface area contributed by atoms with Gasteiger partial charge in [0.05, 0.1) is 19.8 Å². The van der Waals surface area contributed by atoms with E-state index < -0.39 is 0 Å². The second-order valence-corrected chi connectivity index (χ2v) is 3.35. The van der Waals surface area contributed by atoms with Crippen LogP contribution in [0.3, 0.4) is 0 Å². The van der Waals surface area contributed by atoms with Gasteiger partial charge in [0, 0.05) is 6.61 Å². The maximum atomic E-state index is 11.3. The van der Waals surface area contributed by atoms with E-state index in [1.165, 1.54) is 7.11 Å². The Labute approximate surface area is 94.8 Å². The van der Waals surface area contributed by atoms with Crippen molar-refractivity contribution in [3.05, 3.63) is 29.3 Å². The molecule has 0 amide bonds. The van der Waals surface area contributed by atoms with E-state index >= 15 is 0 Å². The Balaban J connectivity index is 2.92. The highest BCUT2D eigenvalue weighted by Crippen LogP contribution is 2.22. The van der Waals surface area contributed by atoms with E-state index in [0.717, 1.165) is 12.0 Å². The number of esters is 1. The Morgan fingerprint density at radius 2 is 2.12 bits per heavy atom. The van der Waals surface area contributed by atoms with Gasteiger partial charge in [-0.25, -0.2) is 4.79 Å².